The highest BCUT2D eigenvalue weighted by molar-refractivity contribution is 6.05. The molecule has 0 aliphatic heterocycles. The van der Waals surface area contributed by atoms with Crippen molar-refractivity contribution in [1.29, 1.82) is 0 Å². The van der Waals surface area contributed by atoms with Gasteiger partial charge in [-0.3, -0.25) is 9.69 Å². The number of carbonyl (C=O) groups excluding carboxylic acids is 1. The maximum Gasteiger partial charge on any atom is 0.303 e. The Hall–Kier alpha value is -2.67. The highest BCUT2D eigenvalue weighted by Gasteiger charge is 2.15. The fourth-order valence-electron chi connectivity index (χ4n) is 2.02. The zero-order valence-electron chi connectivity index (χ0n) is 12.6. The first kappa shape index (κ1) is 14.7. The molecule has 21 heavy (non-hydrogen) atoms. The van der Waals surface area contributed by atoms with E-state index in [-0.39, 0.29) is 5.91 Å². The van der Waals surface area contributed by atoms with Gasteiger partial charge >= 0.3 is 5.91 Å². The number of aromatic amines is 1. The Bertz CT molecular complexity index is 646. The molecule has 0 fully saturated rings. The molecule has 0 saturated heterocycles. The lowest BCUT2D eigenvalue weighted by molar-refractivity contribution is -0.113. The second kappa shape index (κ2) is 6.67. The van der Waals surface area contributed by atoms with Gasteiger partial charge in [-0.15, -0.1) is 0 Å². The zero-order chi connectivity index (χ0) is 15.2. The molecule has 0 aliphatic rings. The van der Waals surface area contributed by atoms with Crippen molar-refractivity contribution in [2.24, 2.45) is 0 Å². The van der Waals surface area contributed by atoms with Crippen LogP contribution in [-0.2, 0) is 11.3 Å². The molecule has 1 aromatic heterocycles. The number of hydrogen-bond donors (Lipinski definition) is 1. The monoisotopic (exact) mass is 281 g/mol. The Balaban J connectivity index is 2.29. The van der Waals surface area contributed by atoms with E-state index in [0.717, 1.165) is 17.1 Å². The molecule has 0 radical (unpaired) electrons. The molecule has 4 heteroatoms. The van der Waals surface area contributed by atoms with Gasteiger partial charge in [0.1, 0.15) is 0 Å². The minimum Gasteiger partial charge on any atom is -0.378 e. The fourth-order valence-corrected chi connectivity index (χ4v) is 2.02. The van der Waals surface area contributed by atoms with Crippen LogP contribution in [0.3, 0.4) is 0 Å². The SMILES string of the molecule is CC#CC(=O)N(Cc1ccc[nH]1)c1ccc(N(C)C)cc1. The molecule has 108 valence electrons. The number of anilines is 2. The van der Waals surface area contributed by atoms with Gasteiger partial charge in [0.05, 0.1) is 6.54 Å². The van der Waals surface area contributed by atoms with E-state index in [4.69, 9.17) is 0 Å². The van der Waals surface area contributed by atoms with Crippen LogP contribution in [0.15, 0.2) is 42.6 Å². The summed E-state index contributed by atoms with van der Waals surface area (Å²) >= 11 is 0. The van der Waals surface area contributed by atoms with E-state index in [1.165, 1.54) is 0 Å². The van der Waals surface area contributed by atoms with E-state index in [1.54, 1.807) is 11.8 Å². The first-order chi connectivity index (χ1) is 10.1. The molecule has 1 heterocycles. The molecular formula is C17H19N3O. The van der Waals surface area contributed by atoms with Crippen molar-refractivity contribution in [3.63, 3.8) is 0 Å². The van der Waals surface area contributed by atoms with Gasteiger partial charge in [-0.1, -0.05) is 5.92 Å². The summed E-state index contributed by atoms with van der Waals surface area (Å²) in [5.41, 5.74) is 2.90. The van der Waals surface area contributed by atoms with Crippen LogP contribution in [0.5, 0.6) is 0 Å². The first-order valence-electron chi connectivity index (χ1n) is 6.75. The van der Waals surface area contributed by atoms with E-state index < -0.39 is 0 Å². The van der Waals surface area contributed by atoms with E-state index in [0.29, 0.717) is 6.54 Å². The van der Waals surface area contributed by atoms with Crippen molar-refractivity contribution in [3.8, 4) is 11.8 Å². The second-order valence-electron chi connectivity index (χ2n) is 4.87. The van der Waals surface area contributed by atoms with E-state index >= 15 is 0 Å². The molecule has 0 spiro atoms. The molecule has 0 bridgehead atoms. The Morgan fingerprint density at radius 2 is 1.81 bits per heavy atom. The number of amides is 1. The predicted octanol–water partition coefficient (Wildman–Crippen LogP) is 2.64. The lowest BCUT2D eigenvalue weighted by Gasteiger charge is -2.21. The molecule has 0 saturated carbocycles. The third kappa shape index (κ3) is 3.67. The van der Waals surface area contributed by atoms with Gasteiger partial charge < -0.3 is 9.88 Å². The van der Waals surface area contributed by atoms with E-state index in [1.807, 2.05) is 61.6 Å². The highest BCUT2D eigenvalue weighted by atomic mass is 16.2. The average molecular weight is 281 g/mol. The Kier molecular flexibility index (Phi) is 4.68. The number of H-pyrrole nitrogens is 1. The maximum atomic E-state index is 12.2. The number of carbonyl (C=O) groups is 1. The van der Waals surface area contributed by atoms with Crippen molar-refractivity contribution in [1.82, 2.24) is 4.98 Å². The quantitative estimate of drug-likeness (QED) is 0.875. The molecule has 2 aromatic rings. The minimum absolute atomic E-state index is 0.204. The molecule has 0 atom stereocenters. The van der Waals surface area contributed by atoms with Crippen molar-refractivity contribution in [2.45, 2.75) is 13.5 Å². The number of nitrogens with one attached hydrogen (secondary N) is 1. The van der Waals surface area contributed by atoms with Crippen LogP contribution in [0.1, 0.15) is 12.6 Å². The van der Waals surface area contributed by atoms with Gasteiger partial charge in [-0.25, -0.2) is 0 Å². The lowest BCUT2D eigenvalue weighted by Crippen LogP contribution is -2.29. The third-order valence-corrected chi connectivity index (χ3v) is 3.15. The van der Waals surface area contributed by atoms with Crippen LogP contribution in [0, 0.1) is 11.8 Å². The number of aromatic nitrogens is 1. The van der Waals surface area contributed by atoms with Crippen molar-refractivity contribution < 1.29 is 4.79 Å². The maximum absolute atomic E-state index is 12.2. The topological polar surface area (TPSA) is 39.3 Å². The zero-order valence-corrected chi connectivity index (χ0v) is 12.6. The molecule has 2 rings (SSSR count). The largest absolute Gasteiger partial charge is 0.378 e. The smallest absolute Gasteiger partial charge is 0.303 e. The summed E-state index contributed by atoms with van der Waals surface area (Å²) in [6, 6.07) is 11.7. The molecule has 4 nitrogen and oxygen atoms in total. The van der Waals surface area contributed by atoms with Gasteiger partial charge in [-0.2, -0.15) is 0 Å². The minimum atomic E-state index is -0.204. The summed E-state index contributed by atoms with van der Waals surface area (Å²) in [6.45, 7) is 2.14. The Morgan fingerprint density at radius 3 is 2.33 bits per heavy atom. The number of rotatable bonds is 4. The van der Waals surface area contributed by atoms with Crippen molar-refractivity contribution in [3.05, 3.63) is 48.3 Å². The van der Waals surface area contributed by atoms with Gasteiger partial charge in [-0.05, 0) is 49.2 Å². The second-order valence-corrected chi connectivity index (χ2v) is 4.87. The van der Waals surface area contributed by atoms with Gasteiger partial charge in [0, 0.05) is 37.4 Å². The summed E-state index contributed by atoms with van der Waals surface area (Å²) in [5, 5.41) is 0. The predicted molar refractivity (Wildman–Crippen MR) is 86.2 cm³/mol. The molecule has 1 N–H and O–H groups in total. The van der Waals surface area contributed by atoms with Crippen LogP contribution in [-0.4, -0.2) is 25.0 Å². The van der Waals surface area contributed by atoms with Crippen LogP contribution < -0.4 is 9.80 Å². The molecule has 0 unspecified atom stereocenters. The first-order valence-corrected chi connectivity index (χ1v) is 6.75. The molecule has 1 amide bonds. The third-order valence-electron chi connectivity index (χ3n) is 3.15. The van der Waals surface area contributed by atoms with Gasteiger partial charge in [0.2, 0.25) is 0 Å². The normalized spacial score (nSPS) is 9.67. The van der Waals surface area contributed by atoms with Crippen LogP contribution in [0.2, 0.25) is 0 Å². The summed E-state index contributed by atoms with van der Waals surface area (Å²) in [6.07, 6.45) is 1.85. The van der Waals surface area contributed by atoms with Crippen molar-refractivity contribution in [2.75, 3.05) is 23.9 Å². The van der Waals surface area contributed by atoms with Crippen LogP contribution in [0.4, 0.5) is 11.4 Å². The number of nitrogens with zero attached hydrogens (tertiary/aromatic N) is 2. The summed E-state index contributed by atoms with van der Waals surface area (Å²) in [7, 11) is 3.97. The standard InChI is InChI=1S/C17H19N3O/c1-4-6-17(21)20(13-14-7-5-12-18-14)16-10-8-15(9-11-16)19(2)3/h5,7-12,18H,13H2,1-3H3. The van der Waals surface area contributed by atoms with E-state index in [9.17, 15) is 4.79 Å². The summed E-state index contributed by atoms with van der Waals surface area (Å²) in [5.74, 6) is 5.07. The van der Waals surface area contributed by atoms with E-state index in [2.05, 4.69) is 16.8 Å². The van der Waals surface area contributed by atoms with Gasteiger partial charge in [0.15, 0.2) is 0 Å². The fraction of sp³-hybridized carbons (Fsp3) is 0.235. The van der Waals surface area contributed by atoms with Crippen LogP contribution >= 0.6 is 0 Å². The summed E-state index contributed by atoms with van der Waals surface area (Å²) < 4.78 is 0. The number of hydrogen-bond acceptors (Lipinski definition) is 2. The van der Waals surface area contributed by atoms with Gasteiger partial charge in [0.25, 0.3) is 0 Å². The molecule has 0 aliphatic carbocycles. The molecular weight excluding hydrogens is 262 g/mol. The van der Waals surface area contributed by atoms with Crippen LogP contribution in [0.25, 0.3) is 0 Å². The number of benzene rings is 1. The highest BCUT2D eigenvalue weighted by Crippen LogP contribution is 2.21. The average Bonchev–Trinajstić information content (AvgIpc) is 2.98. The lowest BCUT2D eigenvalue weighted by atomic mass is 10.2. The molecule has 1 aromatic carbocycles. The van der Waals surface area contributed by atoms with Crippen molar-refractivity contribution >= 4 is 17.3 Å². The Morgan fingerprint density at radius 1 is 1.14 bits per heavy atom. The summed E-state index contributed by atoms with van der Waals surface area (Å²) in [4.78, 5) is 19.0. The Labute approximate surface area is 125 Å².